The second-order valence-corrected chi connectivity index (χ2v) is 6.55. The summed E-state index contributed by atoms with van der Waals surface area (Å²) in [4.78, 5) is 39.3. The highest BCUT2D eigenvalue weighted by atomic mass is 32.2. The maximum absolute atomic E-state index is 12.8. The lowest BCUT2D eigenvalue weighted by Crippen LogP contribution is -2.33. The molecule has 0 fully saturated rings. The molecular formula is C17H14N4O5S. The van der Waals surface area contributed by atoms with Crippen LogP contribution in [0.25, 0.3) is 0 Å². The molecule has 0 aliphatic carbocycles. The van der Waals surface area contributed by atoms with Crippen LogP contribution in [0, 0.1) is 20.2 Å². The molecule has 0 saturated carbocycles. The van der Waals surface area contributed by atoms with Crippen molar-refractivity contribution in [2.24, 2.45) is 4.99 Å². The highest BCUT2D eigenvalue weighted by Crippen LogP contribution is 2.25. The number of aliphatic imine (C=N–C) groups is 1. The molecule has 0 N–H and O–H groups in total. The van der Waals surface area contributed by atoms with Crippen LogP contribution in [0.3, 0.4) is 0 Å². The number of nitrogens with zero attached hydrogens (tertiary/aromatic N) is 4. The number of rotatable bonds is 5. The van der Waals surface area contributed by atoms with Crippen LogP contribution in [0.4, 0.5) is 11.4 Å². The maximum Gasteiger partial charge on any atom is 0.282 e. The van der Waals surface area contributed by atoms with Gasteiger partial charge >= 0.3 is 0 Å². The van der Waals surface area contributed by atoms with E-state index in [9.17, 15) is 25.0 Å². The molecule has 0 spiro atoms. The molecule has 10 heteroatoms. The number of non-ortho nitro benzene ring substituents is 1. The molecule has 2 aromatic carbocycles. The Morgan fingerprint density at radius 3 is 2.44 bits per heavy atom. The number of amides is 1. The zero-order chi connectivity index (χ0) is 19.4. The van der Waals surface area contributed by atoms with Crippen LogP contribution in [0.15, 0.2) is 53.5 Å². The van der Waals surface area contributed by atoms with Gasteiger partial charge in [0.2, 0.25) is 0 Å². The van der Waals surface area contributed by atoms with Gasteiger partial charge in [-0.15, -0.1) is 0 Å². The summed E-state index contributed by atoms with van der Waals surface area (Å²) in [5.41, 5.74) is 0.635. The lowest BCUT2D eigenvalue weighted by Gasteiger charge is -2.17. The molecule has 9 nitrogen and oxygen atoms in total. The van der Waals surface area contributed by atoms with Crippen LogP contribution in [0.1, 0.15) is 15.9 Å². The van der Waals surface area contributed by atoms with E-state index in [1.165, 1.54) is 47.0 Å². The molecule has 138 valence electrons. The summed E-state index contributed by atoms with van der Waals surface area (Å²) < 4.78 is 0. The summed E-state index contributed by atoms with van der Waals surface area (Å²) in [5.74, 6) is 0.00654. The van der Waals surface area contributed by atoms with Crippen molar-refractivity contribution in [3.63, 3.8) is 0 Å². The Labute approximate surface area is 158 Å². The van der Waals surface area contributed by atoms with Gasteiger partial charge in [-0.3, -0.25) is 34.9 Å². The van der Waals surface area contributed by atoms with Crippen molar-refractivity contribution in [3.8, 4) is 0 Å². The van der Waals surface area contributed by atoms with Crippen LogP contribution >= 0.6 is 11.8 Å². The lowest BCUT2D eigenvalue weighted by atomic mass is 10.1. The predicted molar refractivity (Wildman–Crippen MR) is 101 cm³/mol. The fraction of sp³-hybridized carbons (Fsp3) is 0.176. The standard InChI is InChI=1S/C17H14N4O5S/c22-16(14-3-1-2-4-15(14)21(25)26)19-10-9-18-17(19)27-11-12-5-7-13(8-6-12)20(23)24/h1-8H,9-11H2. The summed E-state index contributed by atoms with van der Waals surface area (Å²) in [7, 11) is 0. The van der Waals surface area contributed by atoms with Crippen molar-refractivity contribution >= 4 is 34.2 Å². The van der Waals surface area contributed by atoms with Gasteiger partial charge in [0.15, 0.2) is 5.17 Å². The molecule has 1 heterocycles. The second kappa shape index (κ2) is 7.96. The van der Waals surface area contributed by atoms with Gasteiger partial charge in [0, 0.05) is 30.5 Å². The van der Waals surface area contributed by atoms with E-state index in [-0.39, 0.29) is 16.9 Å². The Morgan fingerprint density at radius 2 is 1.78 bits per heavy atom. The van der Waals surface area contributed by atoms with Crippen molar-refractivity contribution in [1.29, 1.82) is 0 Å². The van der Waals surface area contributed by atoms with Crippen molar-refractivity contribution in [3.05, 3.63) is 79.9 Å². The van der Waals surface area contributed by atoms with E-state index in [1.54, 1.807) is 18.2 Å². The summed E-state index contributed by atoms with van der Waals surface area (Å²) in [5, 5.41) is 22.3. The molecule has 0 unspecified atom stereocenters. The van der Waals surface area contributed by atoms with Crippen molar-refractivity contribution in [2.75, 3.05) is 13.1 Å². The van der Waals surface area contributed by atoms with Gasteiger partial charge in [-0.25, -0.2) is 0 Å². The highest BCUT2D eigenvalue weighted by molar-refractivity contribution is 8.13. The molecule has 0 aromatic heterocycles. The van der Waals surface area contributed by atoms with Gasteiger partial charge in [-0.2, -0.15) is 0 Å². The van der Waals surface area contributed by atoms with E-state index in [1.807, 2.05) is 0 Å². The molecule has 0 saturated heterocycles. The topological polar surface area (TPSA) is 119 Å². The quantitative estimate of drug-likeness (QED) is 0.575. The van der Waals surface area contributed by atoms with Gasteiger partial charge in [0.1, 0.15) is 5.56 Å². The first-order valence-electron chi connectivity index (χ1n) is 7.93. The average Bonchev–Trinajstić information content (AvgIpc) is 3.14. The minimum Gasteiger partial charge on any atom is -0.285 e. The van der Waals surface area contributed by atoms with Gasteiger partial charge in [-0.1, -0.05) is 36.0 Å². The maximum atomic E-state index is 12.8. The number of nitro benzene ring substituents is 2. The Balaban J connectivity index is 1.71. The summed E-state index contributed by atoms with van der Waals surface area (Å²) in [6.07, 6.45) is 0. The molecule has 1 aliphatic heterocycles. The zero-order valence-electron chi connectivity index (χ0n) is 14.0. The summed E-state index contributed by atoms with van der Waals surface area (Å²) >= 11 is 1.31. The van der Waals surface area contributed by atoms with Crippen molar-refractivity contribution < 1.29 is 14.6 Å². The third-order valence-electron chi connectivity index (χ3n) is 3.89. The number of amidine groups is 1. The molecule has 0 bridgehead atoms. The Kier molecular flexibility index (Phi) is 5.46. The summed E-state index contributed by atoms with van der Waals surface area (Å²) in [6, 6.07) is 11.9. The molecule has 0 atom stereocenters. The number of carbonyl (C=O) groups excluding carboxylic acids is 1. The Bertz CT molecular complexity index is 929. The Morgan fingerprint density at radius 1 is 1.07 bits per heavy atom. The minimum atomic E-state index is -0.579. The van der Waals surface area contributed by atoms with Crippen molar-refractivity contribution in [2.45, 2.75) is 5.75 Å². The number of hydrogen-bond donors (Lipinski definition) is 0. The van der Waals surface area contributed by atoms with E-state index in [0.29, 0.717) is 24.0 Å². The second-order valence-electron chi connectivity index (χ2n) is 5.61. The van der Waals surface area contributed by atoms with E-state index in [0.717, 1.165) is 5.56 Å². The minimum absolute atomic E-state index is 0.00940. The molecule has 3 rings (SSSR count). The van der Waals surface area contributed by atoms with Gasteiger partial charge in [-0.05, 0) is 11.6 Å². The van der Waals surface area contributed by atoms with Gasteiger partial charge in [0.05, 0.1) is 16.4 Å². The average molecular weight is 386 g/mol. The van der Waals surface area contributed by atoms with Gasteiger partial charge < -0.3 is 0 Å². The zero-order valence-corrected chi connectivity index (χ0v) is 14.8. The first-order chi connectivity index (χ1) is 13.0. The molecule has 0 radical (unpaired) electrons. The number of para-hydroxylation sites is 1. The summed E-state index contributed by atoms with van der Waals surface area (Å²) in [6.45, 7) is 0.780. The number of nitro groups is 2. The monoisotopic (exact) mass is 386 g/mol. The van der Waals surface area contributed by atoms with Crippen LogP contribution in [-0.2, 0) is 5.75 Å². The van der Waals surface area contributed by atoms with Crippen LogP contribution in [0.5, 0.6) is 0 Å². The van der Waals surface area contributed by atoms with Crippen LogP contribution < -0.4 is 0 Å². The molecular weight excluding hydrogens is 372 g/mol. The van der Waals surface area contributed by atoms with Crippen LogP contribution in [0.2, 0.25) is 0 Å². The van der Waals surface area contributed by atoms with Gasteiger partial charge in [0.25, 0.3) is 17.3 Å². The fourth-order valence-electron chi connectivity index (χ4n) is 2.56. The number of benzene rings is 2. The first-order valence-corrected chi connectivity index (χ1v) is 8.92. The Hall–Kier alpha value is -3.27. The van der Waals surface area contributed by atoms with Crippen molar-refractivity contribution in [1.82, 2.24) is 4.90 Å². The first kappa shape index (κ1) is 18.5. The number of carbonyl (C=O) groups is 1. The van der Waals surface area contributed by atoms with E-state index >= 15 is 0 Å². The van der Waals surface area contributed by atoms with Crippen LogP contribution in [-0.4, -0.2) is 38.9 Å². The predicted octanol–water partition coefficient (Wildman–Crippen LogP) is 3.25. The molecule has 1 aliphatic rings. The normalized spacial score (nSPS) is 13.3. The number of hydrogen-bond acceptors (Lipinski definition) is 7. The fourth-order valence-corrected chi connectivity index (χ4v) is 3.56. The van der Waals surface area contributed by atoms with E-state index in [4.69, 9.17) is 0 Å². The largest absolute Gasteiger partial charge is 0.285 e. The molecule has 1 amide bonds. The SMILES string of the molecule is O=C(c1ccccc1[N+](=O)[O-])N1CCN=C1SCc1ccc([N+](=O)[O-])cc1. The smallest absolute Gasteiger partial charge is 0.282 e. The molecule has 2 aromatic rings. The van der Waals surface area contributed by atoms with E-state index < -0.39 is 15.8 Å². The third-order valence-corrected chi connectivity index (χ3v) is 4.98. The highest BCUT2D eigenvalue weighted by Gasteiger charge is 2.29. The lowest BCUT2D eigenvalue weighted by molar-refractivity contribution is -0.385. The van der Waals surface area contributed by atoms with E-state index in [2.05, 4.69) is 4.99 Å². The third kappa shape index (κ3) is 4.11. The molecule has 27 heavy (non-hydrogen) atoms. The number of thioether (sulfide) groups is 1.